The first-order valence-corrected chi connectivity index (χ1v) is 6.21. The van der Waals surface area contributed by atoms with E-state index in [0.29, 0.717) is 0 Å². The number of nitrogens with one attached hydrogen (secondary N) is 1. The van der Waals surface area contributed by atoms with E-state index in [-0.39, 0.29) is 5.28 Å². The van der Waals surface area contributed by atoms with Crippen LogP contribution in [-0.2, 0) is 0 Å². The maximum Gasteiger partial charge on any atom is 0.224 e. The van der Waals surface area contributed by atoms with Gasteiger partial charge in [0.25, 0.3) is 0 Å². The molecule has 0 spiro atoms. The van der Waals surface area contributed by atoms with Crippen molar-refractivity contribution in [3.05, 3.63) is 48.0 Å². The maximum absolute atomic E-state index is 5.93. The first kappa shape index (κ1) is 11.9. The van der Waals surface area contributed by atoms with Gasteiger partial charge in [-0.2, -0.15) is 0 Å². The van der Waals surface area contributed by atoms with Gasteiger partial charge in [0.15, 0.2) is 0 Å². The van der Waals surface area contributed by atoms with Crippen LogP contribution in [-0.4, -0.2) is 22.0 Å². The molecule has 0 aliphatic heterocycles. The number of fused-ring (bicyclic) bond motifs is 1. The van der Waals surface area contributed by atoms with Crippen molar-refractivity contribution in [2.45, 2.75) is 0 Å². The summed E-state index contributed by atoms with van der Waals surface area (Å²) in [7, 11) is 1.81. The quantitative estimate of drug-likeness (QED) is 0.725. The highest BCUT2D eigenvalue weighted by Gasteiger charge is 2.07. The van der Waals surface area contributed by atoms with Crippen LogP contribution in [0.15, 0.2) is 42.7 Å². The zero-order chi connectivity index (χ0) is 13.2. The molecule has 0 saturated heterocycles. The van der Waals surface area contributed by atoms with Gasteiger partial charge in [-0.3, -0.25) is 4.98 Å². The van der Waals surface area contributed by atoms with E-state index < -0.39 is 0 Å². The number of halogens is 1. The number of benzene rings is 1. The molecule has 1 aromatic carbocycles. The number of anilines is 1. The van der Waals surface area contributed by atoms with Gasteiger partial charge in [-0.05, 0) is 35.4 Å². The van der Waals surface area contributed by atoms with E-state index in [2.05, 4.69) is 20.3 Å². The molecule has 1 N–H and O–H groups in total. The standard InChI is InChI=1S/C14H11ClN4/c1-16-13-11-5-4-9(10-3-2-6-17-8-10)7-12(11)18-14(15)19-13/h2-8H,1H3,(H,16,18,19). The molecule has 0 amide bonds. The summed E-state index contributed by atoms with van der Waals surface area (Å²) in [5.41, 5.74) is 2.91. The molecule has 0 bridgehead atoms. The molecule has 0 unspecified atom stereocenters. The van der Waals surface area contributed by atoms with Crippen LogP contribution in [0.2, 0.25) is 5.28 Å². The van der Waals surface area contributed by atoms with Gasteiger partial charge in [0.05, 0.1) is 5.52 Å². The minimum atomic E-state index is 0.236. The Morgan fingerprint density at radius 1 is 1.11 bits per heavy atom. The second kappa shape index (κ2) is 4.82. The van der Waals surface area contributed by atoms with Crippen molar-refractivity contribution in [2.75, 3.05) is 12.4 Å². The molecule has 0 fully saturated rings. The summed E-state index contributed by atoms with van der Waals surface area (Å²) in [5, 5.41) is 4.20. The Morgan fingerprint density at radius 2 is 2.00 bits per heavy atom. The summed E-state index contributed by atoms with van der Waals surface area (Å²) in [6, 6.07) is 9.92. The van der Waals surface area contributed by atoms with Gasteiger partial charge in [-0.1, -0.05) is 12.1 Å². The van der Waals surface area contributed by atoms with Crippen molar-refractivity contribution in [1.82, 2.24) is 15.0 Å². The summed E-state index contributed by atoms with van der Waals surface area (Å²) in [6.07, 6.45) is 3.58. The van der Waals surface area contributed by atoms with Crippen molar-refractivity contribution >= 4 is 28.3 Å². The van der Waals surface area contributed by atoms with Crippen LogP contribution in [0.25, 0.3) is 22.0 Å². The van der Waals surface area contributed by atoms with E-state index >= 15 is 0 Å². The first-order valence-electron chi connectivity index (χ1n) is 5.83. The molecule has 0 atom stereocenters. The third-order valence-electron chi connectivity index (χ3n) is 2.90. The zero-order valence-corrected chi connectivity index (χ0v) is 11.0. The van der Waals surface area contributed by atoms with Crippen LogP contribution in [0, 0.1) is 0 Å². The van der Waals surface area contributed by atoms with Crippen LogP contribution in [0.3, 0.4) is 0 Å². The molecular weight excluding hydrogens is 260 g/mol. The van der Waals surface area contributed by atoms with Gasteiger partial charge in [0.2, 0.25) is 5.28 Å². The van der Waals surface area contributed by atoms with E-state index in [0.717, 1.165) is 27.8 Å². The molecule has 2 heterocycles. The van der Waals surface area contributed by atoms with Crippen LogP contribution in [0.4, 0.5) is 5.82 Å². The zero-order valence-electron chi connectivity index (χ0n) is 10.3. The van der Waals surface area contributed by atoms with Crippen molar-refractivity contribution in [2.24, 2.45) is 0 Å². The third kappa shape index (κ3) is 2.22. The monoisotopic (exact) mass is 270 g/mol. The second-order valence-electron chi connectivity index (χ2n) is 4.06. The molecule has 94 valence electrons. The van der Waals surface area contributed by atoms with Crippen LogP contribution >= 0.6 is 11.6 Å². The summed E-state index contributed by atoms with van der Waals surface area (Å²) >= 11 is 5.93. The number of nitrogens with zero attached hydrogens (tertiary/aromatic N) is 3. The SMILES string of the molecule is CNc1nc(Cl)nc2cc(-c3cccnc3)ccc12. The lowest BCUT2D eigenvalue weighted by molar-refractivity contribution is 1.21. The summed E-state index contributed by atoms with van der Waals surface area (Å²) in [4.78, 5) is 12.5. The predicted molar refractivity (Wildman–Crippen MR) is 77.3 cm³/mol. The van der Waals surface area contributed by atoms with E-state index in [1.54, 1.807) is 6.20 Å². The molecule has 3 rings (SSSR count). The lowest BCUT2D eigenvalue weighted by atomic mass is 10.1. The van der Waals surface area contributed by atoms with Crippen LogP contribution < -0.4 is 5.32 Å². The summed E-state index contributed by atoms with van der Waals surface area (Å²) < 4.78 is 0. The topological polar surface area (TPSA) is 50.7 Å². The van der Waals surface area contributed by atoms with Crippen molar-refractivity contribution in [3.63, 3.8) is 0 Å². The maximum atomic E-state index is 5.93. The van der Waals surface area contributed by atoms with E-state index in [1.807, 2.05) is 43.6 Å². The molecule has 5 heteroatoms. The van der Waals surface area contributed by atoms with Crippen molar-refractivity contribution in [1.29, 1.82) is 0 Å². The fraction of sp³-hybridized carbons (Fsp3) is 0.0714. The van der Waals surface area contributed by atoms with Crippen molar-refractivity contribution < 1.29 is 0 Å². The molecule has 0 radical (unpaired) electrons. The Kier molecular flexibility index (Phi) is 3.01. The van der Waals surface area contributed by atoms with Gasteiger partial charge in [-0.25, -0.2) is 9.97 Å². The minimum Gasteiger partial charge on any atom is -0.372 e. The first-order chi connectivity index (χ1) is 9.28. The molecule has 4 nitrogen and oxygen atoms in total. The van der Waals surface area contributed by atoms with Gasteiger partial charge >= 0.3 is 0 Å². The normalized spacial score (nSPS) is 10.6. The van der Waals surface area contributed by atoms with Crippen LogP contribution in [0.1, 0.15) is 0 Å². The second-order valence-corrected chi connectivity index (χ2v) is 4.40. The van der Waals surface area contributed by atoms with Crippen LogP contribution in [0.5, 0.6) is 0 Å². The van der Waals surface area contributed by atoms with Gasteiger partial charge in [0.1, 0.15) is 5.82 Å². The lowest BCUT2D eigenvalue weighted by Gasteiger charge is -2.07. The fourth-order valence-corrected chi connectivity index (χ4v) is 2.18. The highest BCUT2D eigenvalue weighted by atomic mass is 35.5. The molecule has 0 aliphatic rings. The molecule has 0 saturated carbocycles. The molecule has 2 aromatic heterocycles. The fourth-order valence-electron chi connectivity index (χ4n) is 2.00. The molecule has 0 aliphatic carbocycles. The Balaban J connectivity index is 2.21. The van der Waals surface area contributed by atoms with Gasteiger partial charge in [-0.15, -0.1) is 0 Å². The largest absolute Gasteiger partial charge is 0.372 e. The van der Waals surface area contributed by atoms with Gasteiger partial charge < -0.3 is 5.32 Å². The number of hydrogen-bond acceptors (Lipinski definition) is 4. The predicted octanol–water partition coefficient (Wildman–Crippen LogP) is 3.39. The minimum absolute atomic E-state index is 0.236. The van der Waals surface area contributed by atoms with Gasteiger partial charge in [0, 0.05) is 30.4 Å². The van der Waals surface area contributed by atoms with Crippen molar-refractivity contribution in [3.8, 4) is 11.1 Å². The molecule has 3 aromatic rings. The summed E-state index contributed by atoms with van der Waals surface area (Å²) in [6.45, 7) is 0. The average Bonchev–Trinajstić information content (AvgIpc) is 2.46. The number of rotatable bonds is 2. The summed E-state index contributed by atoms with van der Waals surface area (Å²) in [5.74, 6) is 0.729. The molecular formula is C14H11ClN4. The Morgan fingerprint density at radius 3 is 2.74 bits per heavy atom. The number of hydrogen-bond donors (Lipinski definition) is 1. The van der Waals surface area contributed by atoms with E-state index in [1.165, 1.54) is 0 Å². The highest BCUT2D eigenvalue weighted by molar-refractivity contribution is 6.28. The van der Waals surface area contributed by atoms with E-state index in [9.17, 15) is 0 Å². The Hall–Kier alpha value is -2.20. The smallest absolute Gasteiger partial charge is 0.224 e. The Labute approximate surface area is 115 Å². The highest BCUT2D eigenvalue weighted by Crippen LogP contribution is 2.27. The number of pyridine rings is 1. The lowest BCUT2D eigenvalue weighted by Crippen LogP contribution is -1.96. The average molecular weight is 271 g/mol. The van der Waals surface area contributed by atoms with E-state index in [4.69, 9.17) is 11.6 Å². The molecule has 19 heavy (non-hydrogen) atoms. The Bertz CT molecular complexity index is 728. The number of aromatic nitrogens is 3. The third-order valence-corrected chi connectivity index (χ3v) is 3.07.